The maximum absolute atomic E-state index is 15.1. The Morgan fingerprint density at radius 3 is 2.50 bits per heavy atom. The van der Waals surface area contributed by atoms with Crippen molar-refractivity contribution in [1.82, 2.24) is 24.9 Å². The molecule has 11 heteroatoms. The summed E-state index contributed by atoms with van der Waals surface area (Å²) >= 11 is 6.20. The molecule has 0 bridgehead atoms. The van der Waals surface area contributed by atoms with Crippen molar-refractivity contribution in [2.24, 2.45) is 0 Å². The van der Waals surface area contributed by atoms with Crippen LogP contribution < -0.4 is 10.6 Å². The first-order valence-corrected chi connectivity index (χ1v) is 13.3. The van der Waals surface area contributed by atoms with Gasteiger partial charge in [-0.25, -0.2) is 33.1 Å². The third-order valence-corrected chi connectivity index (χ3v) is 7.64. The molecule has 0 amide bonds. The Kier molecular flexibility index (Phi) is 6.59. The second kappa shape index (κ2) is 10.1. The standard InChI is InChI=1S/C27H27ClF3N7/c1-13-22(31)26(37-25(33-13)19-12-32-23-18(19)9-14(29)10-20(23)30)35-16-6-4-5-15(11-16)34-24-17-7-2-3-8-21(17)36-27(28)38-24/h9-10,12,15-16,32H,2-8,11H2,1H3,(H,33,35,37)(H,34,36,38)/t15-,16+/m1/s1. The highest BCUT2D eigenvalue weighted by Crippen LogP contribution is 2.33. The highest BCUT2D eigenvalue weighted by atomic mass is 35.5. The first kappa shape index (κ1) is 24.9. The normalized spacial score (nSPS) is 19.4. The van der Waals surface area contributed by atoms with E-state index in [1.807, 2.05) is 0 Å². The van der Waals surface area contributed by atoms with E-state index in [1.54, 1.807) is 6.92 Å². The molecule has 1 aromatic carbocycles. The Bertz CT molecular complexity index is 1520. The molecule has 38 heavy (non-hydrogen) atoms. The second-order valence-corrected chi connectivity index (χ2v) is 10.5. The number of benzene rings is 1. The van der Waals surface area contributed by atoms with Gasteiger partial charge in [0, 0.05) is 40.9 Å². The van der Waals surface area contributed by atoms with Crippen LogP contribution in [0.5, 0.6) is 0 Å². The van der Waals surface area contributed by atoms with Gasteiger partial charge in [-0.05, 0) is 76.0 Å². The van der Waals surface area contributed by atoms with Gasteiger partial charge in [0.25, 0.3) is 0 Å². The molecule has 198 valence electrons. The molecule has 0 unspecified atom stereocenters. The zero-order valence-electron chi connectivity index (χ0n) is 20.8. The molecule has 3 N–H and O–H groups in total. The monoisotopic (exact) mass is 541 g/mol. The fourth-order valence-electron chi connectivity index (χ4n) is 5.64. The maximum atomic E-state index is 15.1. The van der Waals surface area contributed by atoms with Crippen LogP contribution in [0.1, 0.15) is 55.5 Å². The van der Waals surface area contributed by atoms with Gasteiger partial charge >= 0.3 is 0 Å². The van der Waals surface area contributed by atoms with Gasteiger partial charge in [-0.3, -0.25) is 0 Å². The van der Waals surface area contributed by atoms with Crippen LogP contribution in [-0.2, 0) is 12.8 Å². The molecule has 4 aromatic rings. The summed E-state index contributed by atoms with van der Waals surface area (Å²) < 4.78 is 43.3. The highest BCUT2D eigenvalue weighted by Gasteiger charge is 2.27. The van der Waals surface area contributed by atoms with Crippen molar-refractivity contribution in [2.45, 2.75) is 70.4 Å². The van der Waals surface area contributed by atoms with Gasteiger partial charge in [-0.15, -0.1) is 0 Å². The van der Waals surface area contributed by atoms with E-state index in [9.17, 15) is 8.78 Å². The number of hydrogen-bond donors (Lipinski definition) is 3. The molecule has 2 aliphatic rings. The minimum Gasteiger partial charge on any atom is -0.367 e. The highest BCUT2D eigenvalue weighted by molar-refractivity contribution is 6.28. The van der Waals surface area contributed by atoms with Gasteiger partial charge < -0.3 is 15.6 Å². The van der Waals surface area contributed by atoms with E-state index in [4.69, 9.17) is 11.6 Å². The number of rotatable bonds is 5. The molecule has 0 saturated heterocycles. The number of anilines is 2. The van der Waals surface area contributed by atoms with Crippen molar-refractivity contribution in [3.63, 3.8) is 0 Å². The van der Waals surface area contributed by atoms with Crippen LogP contribution in [-0.4, -0.2) is 37.0 Å². The Morgan fingerprint density at radius 2 is 1.68 bits per heavy atom. The van der Waals surface area contributed by atoms with E-state index in [0.29, 0.717) is 10.9 Å². The van der Waals surface area contributed by atoms with Gasteiger partial charge in [0.05, 0.1) is 16.9 Å². The maximum Gasteiger partial charge on any atom is 0.224 e. The molecule has 3 heterocycles. The van der Waals surface area contributed by atoms with Crippen molar-refractivity contribution < 1.29 is 13.2 Å². The van der Waals surface area contributed by atoms with Gasteiger partial charge in [0.2, 0.25) is 5.28 Å². The van der Waals surface area contributed by atoms with E-state index < -0.39 is 17.5 Å². The summed E-state index contributed by atoms with van der Waals surface area (Å²) in [5.74, 6) is -0.897. The number of nitrogens with one attached hydrogen (secondary N) is 3. The van der Waals surface area contributed by atoms with E-state index in [0.717, 1.165) is 74.5 Å². The van der Waals surface area contributed by atoms with Gasteiger partial charge in [0.15, 0.2) is 17.5 Å². The number of halogens is 4. The van der Waals surface area contributed by atoms with Crippen LogP contribution in [0.2, 0.25) is 5.28 Å². The third kappa shape index (κ3) is 4.77. The summed E-state index contributed by atoms with van der Waals surface area (Å²) in [5.41, 5.74) is 2.86. The lowest BCUT2D eigenvalue weighted by molar-refractivity contribution is 0.424. The van der Waals surface area contributed by atoms with Crippen LogP contribution >= 0.6 is 11.6 Å². The average Bonchev–Trinajstić information content (AvgIpc) is 3.31. The Morgan fingerprint density at radius 1 is 0.921 bits per heavy atom. The number of aryl methyl sites for hydroxylation is 2. The number of aromatic nitrogens is 5. The molecule has 0 spiro atoms. The second-order valence-electron chi connectivity index (χ2n) is 10.1. The number of aromatic amines is 1. The van der Waals surface area contributed by atoms with Gasteiger partial charge in [-0.2, -0.15) is 0 Å². The summed E-state index contributed by atoms with van der Waals surface area (Å²) in [6.45, 7) is 1.55. The van der Waals surface area contributed by atoms with Crippen LogP contribution in [0.25, 0.3) is 22.3 Å². The number of fused-ring (bicyclic) bond motifs is 2. The molecule has 2 aliphatic carbocycles. The average molecular weight is 542 g/mol. The van der Waals surface area contributed by atoms with Crippen LogP contribution in [0.15, 0.2) is 18.3 Å². The predicted octanol–water partition coefficient (Wildman–Crippen LogP) is 6.51. The van der Waals surface area contributed by atoms with Crippen molar-refractivity contribution >= 4 is 34.1 Å². The first-order chi connectivity index (χ1) is 18.4. The largest absolute Gasteiger partial charge is 0.367 e. The van der Waals surface area contributed by atoms with Crippen molar-refractivity contribution in [1.29, 1.82) is 0 Å². The molecule has 2 atom stereocenters. The predicted molar refractivity (Wildman–Crippen MR) is 141 cm³/mol. The SMILES string of the molecule is Cc1nc(-c2c[nH]c3c(F)cc(F)cc23)nc(N[C@H]2CCC[C@@H](Nc3nc(Cl)nc4c3CCCC4)C2)c1F. The van der Waals surface area contributed by atoms with Crippen LogP contribution in [0, 0.1) is 24.4 Å². The van der Waals surface area contributed by atoms with Gasteiger partial charge in [-0.1, -0.05) is 0 Å². The molecule has 0 aliphatic heterocycles. The summed E-state index contributed by atoms with van der Waals surface area (Å²) in [7, 11) is 0. The molecular weight excluding hydrogens is 515 g/mol. The lowest BCUT2D eigenvalue weighted by Crippen LogP contribution is -2.35. The molecule has 1 fully saturated rings. The molecule has 6 rings (SSSR count). The van der Waals surface area contributed by atoms with Crippen LogP contribution in [0.3, 0.4) is 0 Å². The van der Waals surface area contributed by atoms with E-state index in [1.165, 1.54) is 12.3 Å². The quantitative estimate of drug-likeness (QED) is 0.250. The Labute approximate surface area is 222 Å². The third-order valence-electron chi connectivity index (χ3n) is 7.48. The molecule has 0 radical (unpaired) electrons. The number of nitrogens with zero attached hydrogens (tertiary/aromatic N) is 4. The first-order valence-electron chi connectivity index (χ1n) is 12.9. The fourth-order valence-corrected chi connectivity index (χ4v) is 5.82. The smallest absolute Gasteiger partial charge is 0.224 e. The minimum atomic E-state index is -0.713. The molecular formula is C27H27ClF3N7. The minimum absolute atomic E-state index is 0.0381. The van der Waals surface area contributed by atoms with Crippen molar-refractivity contribution in [3.05, 3.63) is 58.0 Å². The summed E-state index contributed by atoms with van der Waals surface area (Å²) in [6.07, 6.45) is 9.03. The van der Waals surface area contributed by atoms with E-state index in [2.05, 4.69) is 35.6 Å². The zero-order chi connectivity index (χ0) is 26.4. The fraction of sp³-hybridized carbons (Fsp3) is 0.407. The van der Waals surface area contributed by atoms with Gasteiger partial charge in [0.1, 0.15) is 17.5 Å². The Balaban J connectivity index is 1.24. The lowest BCUT2D eigenvalue weighted by atomic mass is 9.90. The van der Waals surface area contributed by atoms with E-state index in [-0.39, 0.29) is 40.2 Å². The zero-order valence-corrected chi connectivity index (χ0v) is 21.6. The topological polar surface area (TPSA) is 91.4 Å². The van der Waals surface area contributed by atoms with E-state index >= 15 is 4.39 Å². The molecule has 7 nitrogen and oxygen atoms in total. The molecule has 3 aromatic heterocycles. The summed E-state index contributed by atoms with van der Waals surface area (Å²) in [4.78, 5) is 20.4. The van der Waals surface area contributed by atoms with Crippen LogP contribution in [0.4, 0.5) is 24.8 Å². The number of hydrogen-bond acceptors (Lipinski definition) is 6. The summed E-state index contributed by atoms with van der Waals surface area (Å²) in [6, 6.07) is 2.12. The van der Waals surface area contributed by atoms with Crippen molar-refractivity contribution in [2.75, 3.05) is 10.6 Å². The summed E-state index contributed by atoms with van der Waals surface area (Å²) in [5, 5.41) is 7.40. The Hall–Kier alpha value is -3.40. The van der Waals surface area contributed by atoms with Crippen molar-refractivity contribution in [3.8, 4) is 11.4 Å². The lowest BCUT2D eigenvalue weighted by Gasteiger charge is -2.32. The number of H-pyrrole nitrogens is 1. The molecule has 1 saturated carbocycles.